The molecule has 1 atom stereocenters. The molecule has 1 fully saturated rings. The number of benzene rings is 2. The normalized spacial score (nSPS) is 16.4. The molecular weight excluding hydrogens is 492 g/mol. The number of carbonyl (C=O) groups is 1. The Morgan fingerprint density at radius 2 is 2.03 bits per heavy atom. The van der Waals surface area contributed by atoms with Crippen LogP contribution in [-0.2, 0) is 0 Å². The minimum Gasteiger partial charge on any atom is -0.340 e. The summed E-state index contributed by atoms with van der Waals surface area (Å²) < 4.78 is 1.01. The number of H-pyrrole nitrogens is 1. The van der Waals surface area contributed by atoms with Gasteiger partial charge in [-0.1, -0.05) is 28.1 Å². The van der Waals surface area contributed by atoms with Crippen molar-refractivity contribution < 1.29 is 4.79 Å². The van der Waals surface area contributed by atoms with Crippen molar-refractivity contribution in [3.63, 3.8) is 0 Å². The van der Waals surface area contributed by atoms with Gasteiger partial charge < -0.3 is 9.88 Å². The Bertz CT molecular complexity index is 1260. The average molecular weight is 513 g/mol. The van der Waals surface area contributed by atoms with Gasteiger partial charge in [0.05, 0.1) is 27.0 Å². The van der Waals surface area contributed by atoms with Crippen molar-refractivity contribution in [2.75, 3.05) is 12.8 Å². The van der Waals surface area contributed by atoms with Crippen molar-refractivity contribution in [3.05, 3.63) is 63.5 Å². The Labute approximate surface area is 197 Å². The van der Waals surface area contributed by atoms with Crippen molar-refractivity contribution in [1.82, 2.24) is 19.9 Å². The first-order valence-electron chi connectivity index (χ1n) is 10.1. The van der Waals surface area contributed by atoms with E-state index in [1.165, 1.54) is 4.90 Å². The van der Waals surface area contributed by atoms with Crippen LogP contribution in [0.3, 0.4) is 0 Å². The number of thioether (sulfide) groups is 1. The molecule has 0 spiro atoms. The molecule has 1 amide bonds. The van der Waals surface area contributed by atoms with Gasteiger partial charge in [-0.3, -0.25) is 4.79 Å². The van der Waals surface area contributed by atoms with Gasteiger partial charge in [0.25, 0.3) is 5.91 Å². The molecule has 0 saturated carbocycles. The molecule has 1 saturated heterocycles. The first-order chi connectivity index (χ1) is 15.0. The topological polar surface area (TPSA) is 61.9 Å². The molecule has 158 valence electrons. The number of fused-ring (bicyclic) bond motifs is 1. The van der Waals surface area contributed by atoms with Crippen LogP contribution >= 0.6 is 39.0 Å². The fourth-order valence-electron chi connectivity index (χ4n) is 4.09. The van der Waals surface area contributed by atoms with Gasteiger partial charge in [0.2, 0.25) is 0 Å². The van der Waals surface area contributed by atoms with E-state index >= 15 is 0 Å². The quantitative estimate of drug-likeness (QED) is 0.319. The van der Waals surface area contributed by atoms with Crippen LogP contribution in [0.2, 0.25) is 0 Å². The molecule has 5 nitrogen and oxygen atoms in total. The highest BCUT2D eigenvalue weighted by Crippen LogP contribution is 2.37. The smallest absolute Gasteiger partial charge is 0.274 e. The Hall–Kier alpha value is -2.16. The van der Waals surface area contributed by atoms with E-state index in [2.05, 4.69) is 44.3 Å². The fraction of sp³-hybridized carbons (Fsp3) is 0.261. The van der Waals surface area contributed by atoms with Gasteiger partial charge in [-0.05, 0) is 61.9 Å². The SMILES string of the molecule is CSc1ccc2nc(C3CCCN3C(=O)c3nc(C)sc3-c3ccc(Br)cc3)[nH]c2c1. The van der Waals surface area contributed by atoms with Crippen molar-refractivity contribution in [2.45, 2.75) is 30.7 Å². The lowest BCUT2D eigenvalue weighted by Crippen LogP contribution is -2.31. The highest BCUT2D eigenvalue weighted by atomic mass is 79.9. The third-order valence-corrected chi connectivity index (χ3v) is 7.85. The van der Waals surface area contributed by atoms with E-state index in [1.54, 1.807) is 23.1 Å². The molecule has 1 aliphatic rings. The van der Waals surface area contributed by atoms with Crippen LogP contribution in [-0.4, -0.2) is 38.6 Å². The number of aromatic nitrogens is 3. The zero-order valence-corrected chi connectivity index (χ0v) is 20.4. The standard InChI is InChI=1S/C23H21BrN4OS2/c1-13-25-20(21(31-13)14-5-7-15(24)8-6-14)23(29)28-11-3-4-19(28)22-26-17-10-9-16(30-2)12-18(17)27-22/h5-10,12,19H,3-4,11H2,1-2H3,(H,26,27). The molecule has 0 bridgehead atoms. The zero-order chi connectivity index (χ0) is 21.5. The summed E-state index contributed by atoms with van der Waals surface area (Å²) in [6.45, 7) is 2.67. The van der Waals surface area contributed by atoms with Crippen LogP contribution in [0.15, 0.2) is 51.8 Å². The zero-order valence-electron chi connectivity index (χ0n) is 17.2. The number of aryl methyl sites for hydroxylation is 1. The molecule has 0 aliphatic carbocycles. The molecule has 1 unspecified atom stereocenters. The second-order valence-corrected chi connectivity index (χ2v) is 10.6. The predicted octanol–water partition coefficient (Wildman–Crippen LogP) is 6.46. The molecule has 2 aromatic heterocycles. The molecule has 0 radical (unpaired) electrons. The van der Waals surface area contributed by atoms with E-state index in [9.17, 15) is 4.79 Å². The minimum atomic E-state index is -0.0580. The summed E-state index contributed by atoms with van der Waals surface area (Å²) >= 11 is 6.76. The number of imidazole rings is 1. The monoisotopic (exact) mass is 512 g/mol. The van der Waals surface area contributed by atoms with Crippen molar-refractivity contribution in [3.8, 4) is 10.4 Å². The average Bonchev–Trinajstić information content (AvgIpc) is 3.50. The van der Waals surface area contributed by atoms with Crippen LogP contribution in [0.25, 0.3) is 21.5 Å². The third-order valence-electron chi connectivity index (χ3n) is 5.58. The number of likely N-dealkylation sites (tertiary alicyclic amines) is 1. The summed E-state index contributed by atoms with van der Waals surface area (Å²) in [5.74, 6) is 0.839. The van der Waals surface area contributed by atoms with E-state index in [1.807, 2.05) is 42.2 Å². The third kappa shape index (κ3) is 3.92. The maximum atomic E-state index is 13.6. The second-order valence-electron chi connectivity index (χ2n) is 7.58. The van der Waals surface area contributed by atoms with E-state index in [0.29, 0.717) is 12.2 Å². The lowest BCUT2D eigenvalue weighted by molar-refractivity contribution is 0.0726. The molecule has 3 heterocycles. The number of hydrogen-bond acceptors (Lipinski definition) is 5. The van der Waals surface area contributed by atoms with Crippen LogP contribution in [0, 0.1) is 6.92 Å². The lowest BCUT2D eigenvalue weighted by Gasteiger charge is -2.22. The van der Waals surface area contributed by atoms with Crippen molar-refractivity contribution >= 4 is 56.0 Å². The van der Waals surface area contributed by atoms with Gasteiger partial charge in [-0.25, -0.2) is 9.97 Å². The molecule has 1 N–H and O–H groups in total. The van der Waals surface area contributed by atoms with Crippen LogP contribution in [0.1, 0.15) is 40.2 Å². The molecular formula is C23H21BrN4OS2. The number of thiazole rings is 1. The van der Waals surface area contributed by atoms with Crippen LogP contribution < -0.4 is 0 Å². The summed E-state index contributed by atoms with van der Waals surface area (Å²) in [5.41, 5.74) is 3.51. The number of nitrogens with one attached hydrogen (secondary N) is 1. The van der Waals surface area contributed by atoms with Crippen LogP contribution in [0.5, 0.6) is 0 Å². The summed E-state index contributed by atoms with van der Waals surface area (Å²) in [7, 11) is 0. The van der Waals surface area contributed by atoms with Gasteiger partial charge in [0, 0.05) is 15.9 Å². The van der Waals surface area contributed by atoms with Crippen molar-refractivity contribution in [1.29, 1.82) is 0 Å². The Kier molecular flexibility index (Phi) is 5.62. The summed E-state index contributed by atoms with van der Waals surface area (Å²) in [6.07, 6.45) is 3.92. The largest absolute Gasteiger partial charge is 0.340 e. The molecule has 5 rings (SSSR count). The highest BCUT2D eigenvalue weighted by Gasteiger charge is 2.35. The van der Waals surface area contributed by atoms with Crippen molar-refractivity contribution in [2.24, 2.45) is 0 Å². The molecule has 1 aliphatic heterocycles. The maximum Gasteiger partial charge on any atom is 0.274 e. The van der Waals surface area contributed by atoms with E-state index in [0.717, 1.165) is 49.6 Å². The summed E-state index contributed by atoms with van der Waals surface area (Å²) in [4.78, 5) is 30.6. The molecule has 4 aromatic rings. The number of amides is 1. The van der Waals surface area contributed by atoms with Gasteiger partial charge >= 0.3 is 0 Å². The number of aromatic amines is 1. The second kappa shape index (κ2) is 8.41. The Morgan fingerprint density at radius 1 is 1.23 bits per heavy atom. The first kappa shape index (κ1) is 20.7. The number of halogens is 1. The number of nitrogens with zero attached hydrogens (tertiary/aromatic N) is 3. The lowest BCUT2D eigenvalue weighted by atomic mass is 10.1. The molecule has 31 heavy (non-hydrogen) atoms. The fourth-order valence-corrected chi connectivity index (χ4v) is 5.71. The number of rotatable bonds is 4. The Balaban J connectivity index is 1.49. The highest BCUT2D eigenvalue weighted by molar-refractivity contribution is 9.10. The van der Waals surface area contributed by atoms with Gasteiger partial charge in [0.1, 0.15) is 11.5 Å². The van der Waals surface area contributed by atoms with E-state index < -0.39 is 0 Å². The Morgan fingerprint density at radius 3 is 2.81 bits per heavy atom. The summed E-state index contributed by atoms with van der Waals surface area (Å²) in [6, 6.07) is 14.2. The number of carbonyl (C=O) groups excluding carboxylic acids is 1. The summed E-state index contributed by atoms with van der Waals surface area (Å²) in [5, 5.41) is 0.894. The molecule has 8 heteroatoms. The van der Waals surface area contributed by atoms with E-state index in [-0.39, 0.29) is 11.9 Å². The minimum absolute atomic E-state index is 0.0185. The number of hydrogen-bond donors (Lipinski definition) is 1. The molecule has 2 aromatic carbocycles. The van der Waals surface area contributed by atoms with Gasteiger partial charge in [0.15, 0.2) is 0 Å². The maximum absolute atomic E-state index is 13.6. The predicted molar refractivity (Wildman–Crippen MR) is 131 cm³/mol. The van der Waals surface area contributed by atoms with Gasteiger partial charge in [-0.2, -0.15) is 0 Å². The van der Waals surface area contributed by atoms with E-state index in [4.69, 9.17) is 4.98 Å². The van der Waals surface area contributed by atoms with Crippen LogP contribution in [0.4, 0.5) is 0 Å². The first-order valence-corrected chi connectivity index (χ1v) is 12.9. The van der Waals surface area contributed by atoms with Gasteiger partial charge in [-0.15, -0.1) is 23.1 Å².